The minimum Gasteiger partial charge on any atom is -0.488 e. The fourth-order valence-corrected chi connectivity index (χ4v) is 2.13. The largest absolute Gasteiger partial charge is 0.488 e. The molecule has 0 spiro atoms. The SMILES string of the molecule is CCOC(=O)c1ccc(COc2cccc(OCOC)c2C=O)cc1. The van der Waals surface area contributed by atoms with Gasteiger partial charge in [0.15, 0.2) is 13.1 Å². The van der Waals surface area contributed by atoms with Gasteiger partial charge in [-0.1, -0.05) is 18.2 Å². The van der Waals surface area contributed by atoms with Crippen molar-refractivity contribution < 1.29 is 28.5 Å². The van der Waals surface area contributed by atoms with Crippen molar-refractivity contribution >= 4 is 12.3 Å². The molecule has 132 valence electrons. The first-order chi connectivity index (χ1) is 12.2. The van der Waals surface area contributed by atoms with Crippen molar-refractivity contribution in [3.05, 3.63) is 59.2 Å². The molecule has 0 unspecified atom stereocenters. The van der Waals surface area contributed by atoms with Gasteiger partial charge in [-0.3, -0.25) is 4.79 Å². The van der Waals surface area contributed by atoms with Crippen LogP contribution in [-0.2, 0) is 16.1 Å². The Morgan fingerprint density at radius 1 is 1.04 bits per heavy atom. The molecule has 0 atom stereocenters. The Labute approximate surface area is 146 Å². The van der Waals surface area contributed by atoms with Crippen LogP contribution in [0, 0.1) is 0 Å². The zero-order chi connectivity index (χ0) is 18.1. The minimum atomic E-state index is -0.360. The zero-order valence-corrected chi connectivity index (χ0v) is 14.2. The summed E-state index contributed by atoms with van der Waals surface area (Å²) in [5, 5.41) is 0. The molecule has 0 fully saturated rings. The first-order valence-corrected chi connectivity index (χ1v) is 7.78. The van der Waals surface area contributed by atoms with Crippen molar-refractivity contribution in [2.75, 3.05) is 20.5 Å². The van der Waals surface area contributed by atoms with Crippen LogP contribution < -0.4 is 9.47 Å². The molecule has 25 heavy (non-hydrogen) atoms. The molecule has 6 heteroatoms. The molecule has 2 aromatic carbocycles. The van der Waals surface area contributed by atoms with Gasteiger partial charge in [-0.15, -0.1) is 0 Å². The first-order valence-electron chi connectivity index (χ1n) is 7.78. The fraction of sp³-hybridized carbons (Fsp3) is 0.263. The third kappa shape index (κ3) is 5.06. The van der Waals surface area contributed by atoms with E-state index in [0.717, 1.165) is 5.56 Å². The van der Waals surface area contributed by atoms with Gasteiger partial charge in [0.05, 0.1) is 17.7 Å². The summed E-state index contributed by atoms with van der Waals surface area (Å²) in [5.41, 5.74) is 1.66. The van der Waals surface area contributed by atoms with Gasteiger partial charge in [-0.25, -0.2) is 4.79 Å². The number of methoxy groups -OCH3 is 1. The van der Waals surface area contributed by atoms with E-state index in [1.165, 1.54) is 7.11 Å². The van der Waals surface area contributed by atoms with Crippen molar-refractivity contribution in [3.63, 3.8) is 0 Å². The van der Waals surface area contributed by atoms with Gasteiger partial charge in [0.25, 0.3) is 0 Å². The Morgan fingerprint density at radius 3 is 2.32 bits per heavy atom. The normalized spacial score (nSPS) is 10.2. The summed E-state index contributed by atoms with van der Waals surface area (Å²) in [6.07, 6.45) is 0.685. The van der Waals surface area contributed by atoms with Crippen molar-refractivity contribution in [1.82, 2.24) is 0 Å². The summed E-state index contributed by atoms with van der Waals surface area (Å²) in [6, 6.07) is 12.0. The standard InChI is InChI=1S/C19H20O6/c1-3-23-19(21)15-9-7-14(8-10-15)12-24-17-5-4-6-18(16(17)11-20)25-13-22-2/h4-11H,3,12-13H2,1-2H3. The van der Waals surface area contributed by atoms with Crippen LogP contribution in [-0.4, -0.2) is 32.8 Å². The molecule has 0 radical (unpaired) electrons. The molecule has 0 heterocycles. The lowest BCUT2D eigenvalue weighted by Gasteiger charge is -2.12. The smallest absolute Gasteiger partial charge is 0.338 e. The van der Waals surface area contributed by atoms with Gasteiger partial charge in [-0.2, -0.15) is 0 Å². The molecule has 6 nitrogen and oxygen atoms in total. The summed E-state index contributed by atoms with van der Waals surface area (Å²) in [5.74, 6) is 0.450. The number of hydrogen-bond acceptors (Lipinski definition) is 6. The lowest BCUT2D eigenvalue weighted by Crippen LogP contribution is -2.05. The molecule has 0 aliphatic rings. The second-order valence-electron chi connectivity index (χ2n) is 5.04. The molecule has 0 N–H and O–H groups in total. The maximum absolute atomic E-state index is 11.6. The number of hydrogen-bond donors (Lipinski definition) is 0. The highest BCUT2D eigenvalue weighted by atomic mass is 16.7. The molecular weight excluding hydrogens is 324 g/mol. The second-order valence-corrected chi connectivity index (χ2v) is 5.04. The highest BCUT2D eigenvalue weighted by Crippen LogP contribution is 2.27. The van der Waals surface area contributed by atoms with E-state index in [-0.39, 0.29) is 19.4 Å². The van der Waals surface area contributed by atoms with E-state index in [1.54, 1.807) is 49.4 Å². The number of carbonyl (C=O) groups excluding carboxylic acids is 2. The molecule has 0 aromatic heterocycles. The summed E-state index contributed by atoms with van der Waals surface area (Å²) in [4.78, 5) is 23.0. The van der Waals surface area contributed by atoms with Crippen molar-refractivity contribution in [2.24, 2.45) is 0 Å². The monoisotopic (exact) mass is 344 g/mol. The Hall–Kier alpha value is -2.86. The highest BCUT2D eigenvalue weighted by Gasteiger charge is 2.11. The third-order valence-corrected chi connectivity index (χ3v) is 3.34. The van der Waals surface area contributed by atoms with Crippen molar-refractivity contribution in [2.45, 2.75) is 13.5 Å². The molecule has 2 rings (SSSR count). The van der Waals surface area contributed by atoms with Gasteiger partial charge in [0, 0.05) is 7.11 Å². The summed E-state index contributed by atoms with van der Waals surface area (Å²) in [6.45, 7) is 2.38. The van der Waals surface area contributed by atoms with E-state index in [1.807, 2.05) is 0 Å². The zero-order valence-electron chi connectivity index (χ0n) is 14.2. The van der Waals surface area contributed by atoms with Crippen molar-refractivity contribution in [3.8, 4) is 11.5 Å². The van der Waals surface area contributed by atoms with Crippen LogP contribution in [0.5, 0.6) is 11.5 Å². The topological polar surface area (TPSA) is 71.1 Å². The Kier molecular flexibility index (Phi) is 6.98. The van der Waals surface area contributed by atoms with Crippen LogP contribution in [0.3, 0.4) is 0 Å². The van der Waals surface area contributed by atoms with Gasteiger partial charge in [0.2, 0.25) is 0 Å². The number of ether oxygens (including phenoxy) is 4. The number of aldehydes is 1. The molecule has 0 aliphatic carbocycles. The van der Waals surface area contributed by atoms with Gasteiger partial charge in [-0.05, 0) is 36.8 Å². The van der Waals surface area contributed by atoms with E-state index in [4.69, 9.17) is 18.9 Å². The lowest BCUT2D eigenvalue weighted by atomic mass is 10.1. The molecule has 0 aliphatic heterocycles. The van der Waals surface area contributed by atoms with Crippen LogP contribution in [0.15, 0.2) is 42.5 Å². The Balaban J connectivity index is 2.05. The Morgan fingerprint density at radius 2 is 1.72 bits per heavy atom. The van der Waals surface area contributed by atoms with Gasteiger partial charge in [0.1, 0.15) is 18.1 Å². The van der Waals surface area contributed by atoms with Crippen LogP contribution >= 0.6 is 0 Å². The van der Waals surface area contributed by atoms with E-state index in [2.05, 4.69) is 0 Å². The van der Waals surface area contributed by atoms with Gasteiger partial charge < -0.3 is 18.9 Å². The maximum Gasteiger partial charge on any atom is 0.338 e. The number of esters is 1. The number of benzene rings is 2. The minimum absolute atomic E-state index is 0.0413. The average Bonchev–Trinajstić information content (AvgIpc) is 2.65. The van der Waals surface area contributed by atoms with Crippen LogP contribution in [0.2, 0.25) is 0 Å². The van der Waals surface area contributed by atoms with Gasteiger partial charge >= 0.3 is 5.97 Å². The summed E-state index contributed by atoms with van der Waals surface area (Å²) in [7, 11) is 1.50. The molecule has 0 amide bonds. The van der Waals surface area contributed by atoms with Crippen LogP contribution in [0.4, 0.5) is 0 Å². The summed E-state index contributed by atoms with van der Waals surface area (Å²) < 4.78 is 20.8. The van der Waals surface area contributed by atoms with Crippen LogP contribution in [0.1, 0.15) is 33.2 Å². The molecule has 0 bridgehead atoms. The van der Waals surface area contributed by atoms with Crippen molar-refractivity contribution in [1.29, 1.82) is 0 Å². The fourth-order valence-electron chi connectivity index (χ4n) is 2.13. The molecule has 0 saturated carbocycles. The summed E-state index contributed by atoms with van der Waals surface area (Å²) >= 11 is 0. The molecule has 0 saturated heterocycles. The molecule has 2 aromatic rings. The van der Waals surface area contributed by atoms with Crippen LogP contribution in [0.25, 0.3) is 0 Å². The predicted octanol–water partition coefficient (Wildman–Crippen LogP) is 3.24. The molecular formula is C19H20O6. The van der Waals surface area contributed by atoms with E-state index < -0.39 is 0 Å². The van der Waals surface area contributed by atoms with E-state index in [0.29, 0.717) is 35.5 Å². The Bertz CT molecular complexity index is 708. The predicted molar refractivity (Wildman–Crippen MR) is 91.1 cm³/mol. The maximum atomic E-state index is 11.6. The second kappa shape index (κ2) is 9.44. The number of rotatable bonds is 9. The van der Waals surface area contributed by atoms with E-state index in [9.17, 15) is 9.59 Å². The first kappa shape index (κ1) is 18.5. The highest BCUT2D eigenvalue weighted by molar-refractivity contribution is 5.89. The third-order valence-electron chi connectivity index (χ3n) is 3.34. The van der Waals surface area contributed by atoms with E-state index >= 15 is 0 Å². The quantitative estimate of drug-likeness (QED) is 0.395. The number of carbonyl (C=O) groups is 2. The lowest BCUT2D eigenvalue weighted by molar-refractivity contribution is 0.0502. The average molecular weight is 344 g/mol.